The Balaban J connectivity index is 1.88. The average Bonchev–Trinajstić information content (AvgIpc) is 2.64. The third kappa shape index (κ3) is 4.25. The Morgan fingerprint density at radius 1 is 1.30 bits per heavy atom. The minimum atomic E-state index is -0.495. The molecular weight excluding hydrogens is 350 g/mol. The topological polar surface area (TPSA) is 125 Å². The van der Waals surface area contributed by atoms with E-state index in [0.717, 1.165) is 18.4 Å². The van der Waals surface area contributed by atoms with Crippen molar-refractivity contribution in [2.45, 2.75) is 44.8 Å². The predicted molar refractivity (Wildman–Crippen MR) is 101 cm³/mol. The maximum atomic E-state index is 11.4. The molecule has 9 nitrogen and oxygen atoms in total. The van der Waals surface area contributed by atoms with Crippen molar-refractivity contribution >= 4 is 23.1 Å². The summed E-state index contributed by atoms with van der Waals surface area (Å²) < 4.78 is 0. The number of anilines is 3. The Labute approximate surface area is 156 Å². The van der Waals surface area contributed by atoms with Gasteiger partial charge in [0.15, 0.2) is 0 Å². The maximum Gasteiger partial charge on any atom is 0.329 e. The quantitative estimate of drug-likeness (QED) is 0.540. The van der Waals surface area contributed by atoms with E-state index < -0.39 is 4.92 Å². The number of phenolic OH excluding ortho intramolecular Hbond substituents is 1. The molecule has 1 fully saturated rings. The molecule has 0 aliphatic heterocycles. The summed E-state index contributed by atoms with van der Waals surface area (Å²) in [4.78, 5) is 21.1. The van der Waals surface area contributed by atoms with E-state index >= 15 is 0 Å². The number of aliphatic hydroxyl groups excluding tert-OH is 1. The molecule has 9 heteroatoms. The Morgan fingerprint density at radius 3 is 2.63 bits per heavy atom. The number of hydrogen-bond acceptors (Lipinski definition) is 8. The fraction of sp³-hybridized carbons (Fsp3) is 0.444. The molecule has 0 bridgehead atoms. The molecule has 144 valence electrons. The summed E-state index contributed by atoms with van der Waals surface area (Å²) in [5, 5.41) is 33.9. The van der Waals surface area contributed by atoms with Crippen LogP contribution < -0.4 is 10.2 Å². The average molecular weight is 373 g/mol. The normalized spacial score (nSPS) is 19.5. The number of aliphatic hydroxyl groups is 1. The smallest absolute Gasteiger partial charge is 0.329 e. The highest BCUT2D eigenvalue weighted by Gasteiger charge is 2.28. The third-order valence-corrected chi connectivity index (χ3v) is 4.96. The summed E-state index contributed by atoms with van der Waals surface area (Å²) in [6.07, 6.45) is 3.71. The minimum Gasteiger partial charge on any atom is -0.508 e. The number of aromatic nitrogens is 2. The lowest BCUT2D eigenvalue weighted by molar-refractivity contribution is -0.384. The number of nitro groups is 1. The van der Waals surface area contributed by atoms with Gasteiger partial charge in [-0.25, -0.2) is 4.98 Å². The predicted octanol–water partition coefficient (Wildman–Crippen LogP) is 2.88. The second-order valence-corrected chi connectivity index (χ2v) is 6.86. The van der Waals surface area contributed by atoms with Crippen molar-refractivity contribution in [3.63, 3.8) is 0 Å². The van der Waals surface area contributed by atoms with Crippen LogP contribution in [-0.4, -0.2) is 44.3 Å². The van der Waals surface area contributed by atoms with Crippen molar-refractivity contribution in [1.29, 1.82) is 0 Å². The van der Waals surface area contributed by atoms with Crippen LogP contribution in [0.3, 0.4) is 0 Å². The van der Waals surface area contributed by atoms with Crippen LogP contribution in [0.4, 0.5) is 23.1 Å². The van der Waals surface area contributed by atoms with Crippen LogP contribution in [0.2, 0.25) is 0 Å². The fourth-order valence-corrected chi connectivity index (χ4v) is 3.25. The summed E-state index contributed by atoms with van der Waals surface area (Å²) in [5.41, 5.74) is 1.16. The van der Waals surface area contributed by atoms with Gasteiger partial charge in [-0.1, -0.05) is 6.07 Å². The lowest BCUT2D eigenvalue weighted by Gasteiger charge is -2.33. The fourth-order valence-electron chi connectivity index (χ4n) is 3.25. The summed E-state index contributed by atoms with van der Waals surface area (Å²) in [5.74, 6) is 0.580. The van der Waals surface area contributed by atoms with E-state index in [1.54, 1.807) is 37.1 Å². The SMILES string of the molecule is Cc1ccc(Nc2ncc([N+](=O)[O-])c(N(C)C3CCC(O)CC3)n2)cc1O. The largest absolute Gasteiger partial charge is 0.508 e. The molecule has 1 aromatic carbocycles. The molecule has 1 saturated carbocycles. The molecule has 3 rings (SSSR count). The van der Waals surface area contributed by atoms with E-state index in [9.17, 15) is 20.3 Å². The molecule has 0 amide bonds. The van der Waals surface area contributed by atoms with Crippen molar-refractivity contribution in [3.8, 4) is 5.75 Å². The first kappa shape index (κ1) is 18.8. The van der Waals surface area contributed by atoms with E-state index in [-0.39, 0.29) is 35.3 Å². The van der Waals surface area contributed by atoms with Crippen molar-refractivity contribution in [3.05, 3.63) is 40.1 Å². The Morgan fingerprint density at radius 2 is 2.00 bits per heavy atom. The Bertz CT molecular complexity index is 836. The van der Waals surface area contributed by atoms with E-state index in [2.05, 4.69) is 15.3 Å². The van der Waals surface area contributed by atoms with E-state index in [4.69, 9.17) is 0 Å². The molecule has 1 aliphatic rings. The first-order valence-electron chi connectivity index (χ1n) is 8.84. The standard InChI is InChI=1S/C18H23N5O4/c1-11-3-4-12(9-16(11)25)20-18-19-10-15(23(26)27)17(21-18)22(2)13-5-7-14(24)8-6-13/h3-4,9-10,13-14,24-25H,5-8H2,1-2H3,(H,19,20,21). The van der Waals surface area contributed by atoms with Gasteiger partial charge < -0.3 is 20.4 Å². The highest BCUT2D eigenvalue weighted by atomic mass is 16.6. The van der Waals surface area contributed by atoms with Gasteiger partial charge in [-0.2, -0.15) is 4.98 Å². The first-order chi connectivity index (χ1) is 12.8. The first-order valence-corrected chi connectivity index (χ1v) is 8.84. The zero-order valence-electron chi connectivity index (χ0n) is 15.3. The molecule has 0 spiro atoms. The van der Waals surface area contributed by atoms with Gasteiger partial charge in [0.1, 0.15) is 11.9 Å². The Hall–Kier alpha value is -2.94. The molecule has 0 radical (unpaired) electrons. The monoisotopic (exact) mass is 373 g/mol. The lowest BCUT2D eigenvalue weighted by Crippen LogP contribution is -2.37. The van der Waals surface area contributed by atoms with Crippen LogP contribution in [0, 0.1) is 17.0 Å². The zero-order chi connectivity index (χ0) is 19.6. The van der Waals surface area contributed by atoms with Crippen LogP contribution in [0.15, 0.2) is 24.4 Å². The highest BCUT2D eigenvalue weighted by Crippen LogP contribution is 2.32. The molecule has 27 heavy (non-hydrogen) atoms. The number of nitrogens with one attached hydrogen (secondary N) is 1. The number of rotatable bonds is 5. The van der Waals surface area contributed by atoms with Crippen molar-refractivity contribution in [2.24, 2.45) is 0 Å². The molecule has 3 N–H and O–H groups in total. The van der Waals surface area contributed by atoms with E-state index in [1.807, 2.05) is 0 Å². The molecule has 0 atom stereocenters. The molecule has 1 aromatic heterocycles. The summed E-state index contributed by atoms with van der Waals surface area (Å²) in [6.45, 7) is 1.79. The van der Waals surface area contributed by atoms with Crippen LogP contribution in [0.25, 0.3) is 0 Å². The molecule has 1 heterocycles. The molecule has 0 saturated heterocycles. The number of aromatic hydroxyl groups is 1. The second-order valence-electron chi connectivity index (χ2n) is 6.86. The van der Waals surface area contributed by atoms with Gasteiger partial charge in [0.25, 0.3) is 0 Å². The van der Waals surface area contributed by atoms with Gasteiger partial charge in [-0.3, -0.25) is 10.1 Å². The summed E-state index contributed by atoms with van der Waals surface area (Å²) in [6, 6.07) is 5.14. The van der Waals surface area contributed by atoms with Gasteiger partial charge >= 0.3 is 5.69 Å². The van der Waals surface area contributed by atoms with Crippen LogP contribution in [0.1, 0.15) is 31.2 Å². The number of hydrogen-bond donors (Lipinski definition) is 3. The molecule has 0 unspecified atom stereocenters. The minimum absolute atomic E-state index is 0.0678. The van der Waals surface area contributed by atoms with Crippen LogP contribution >= 0.6 is 0 Å². The van der Waals surface area contributed by atoms with Gasteiger partial charge in [-0.15, -0.1) is 0 Å². The molecular formula is C18H23N5O4. The van der Waals surface area contributed by atoms with Crippen LogP contribution in [0.5, 0.6) is 5.75 Å². The lowest BCUT2D eigenvalue weighted by atomic mass is 9.92. The number of benzene rings is 1. The van der Waals surface area contributed by atoms with Crippen LogP contribution in [-0.2, 0) is 0 Å². The van der Waals surface area contributed by atoms with Gasteiger partial charge in [0.2, 0.25) is 11.8 Å². The summed E-state index contributed by atoms with van der Waals surface area (Å²) >= 11 is 0. The number of nitrogens with zero attached hydrogens (tertiary/aromatic N) is 4. The van der Waals surface area contributed by atoms with Gasteiger partial charge in [0, 0.05) is 24.8 Å². The zero-order valence-corrected chi connectivity index (χ0v) is 15.3. The molecule has 2 aromatic rings. The second kappa shape index (κ2) is 7.75. The van der Waals surface area contributed by atoms with Crippen molar-refractivity contribution in [1.82, 2.24) is 9.97 Å². The van der Waals surface area contributed by atoms with E-state index in [0.29, 0.717) is 18.5 Å². The molecule has 1 aliphatic carbocycles. The van der Waals surface area contributed by atoms with Crippen molar-refractivity contribution in [2.75, 3.05) is 17.3 Å². The third-order valence-electron chi connectivity index (χ3n) is 4.96. The van der Waals surface area contributed by atoms with Gasteiger partial charge in [-0.05, 0) is 44.2 Å². The highest BCUT2D eigenvalue weighted by molar-refractivity contribution is 5.63. The van der Waals surface area contributed by atoms with Crippen molar-refractivity contribution < 1.29 is 15.1 Å². The maximum absolute atomic E-state index is 11.4. The number of aryl methyl sites for hydroxylation is 1. The number of phenols is 1. The summed E-state index contributed by atoms with van der Waals surface area (Å²) in [7, 11) is 1.78. The Kier molecular flexibility index (Phi) is 5.41. The van der Waals surface area contributed by atoms with E-state index in [1.165, 1.54) is 6.20 Å². The van der Waals surface area contributed by atoms with Gasteiger partial charge in [0.05, 0.1) is 11.0 Å².